The molecule has 1 aliphatic carbocycles. The Bertz CT molecular complexity index is 1330. The summed E-state index contributed by atoms with van der Waals surface area (Å²) in [4.78, 5) is 16.0. The van der Waals surface area contributed by atoms with Crippen LogP contribution in [0.2, 0.25) is 10.0 Å². The van der Waals surface area contributed by atoms with Gasteiger partial charge in [0.25, 0.3) is 0 Å². The summed E-state index contributed by atoms with van der Waals surface area (Å²) < 4.78 is 2.03. The van der Waals surface area contributed by atoms with Gasteiger partial charge in [0.1, 0.15) is 11.3 Å². The van der Waals surface area contributed by atoms with Crippen molar-refractivity contribution in [1.82, 2.24) is 19.4 Å². The number of hydrogen-bond acceptors (Lipinski definition) is 5. The van der Waals surface area contributed by atoms with E-state index in [1.165, 1.54) is 11.1 Å². The molecule has 1 spiro atoms. The van der Waals surface area contributed by atoms with Crippen molar-refractivity contribution in [3.8, 4) is 11.4 Å². The number of nitrogens with zero attached hydrogens (tertiary/aromatic N) is 5. The van der Waals surface area contributed by atoms with E-state index in [0.717, 1.165) is 55.1 Å². The number of halogens is 2. The molecule has 6 nitrogen and oxygen atoms in total. The summed E-state index contributed by atoms with van der Waals surface area (Å²) in [6.07, 6.45) is 12.5. The van der Waals surface area contributed by atoms with Crippen molar-refractivity contribution in [2.45, 2.75) is 25.3 Å². The van der Waals surface area contributed by atoms with Crippen LogP contribution >= 0.6 is 23.2 Å². The number of piperidine rings is 1. The minimum absolute atomic E-state index is 0.0450. The monoisotopic (exact) mass is 464 g/mol. The molecule has 6 rings (SSSR count). The lowest BCUT2D eigenvalue weighted by molar-refractivity contribution is 0.187. The third-order valence-electron chi connectivity index (χ3n) is 7.17. The van der Waals surface area contributed by atoms with Crippen molar-refractivity contribution in [3.05, 3.63) is 76.4 Å². The minimum atomic E-state index is 0.0450. The molecule has 1 fully saturated rings. The second kappa shape index (κ2) is 7.44. The van der Waals surface area contributed by atoms with Gasteiger partial charge in [0.2, 0.25) is 0 Å². The number of nitrogens with two attached hydrogens (primary N) is 1. The highest BCUT2D eigenvalue weighted by atomic mass is 35.5. The highest BCUT2D eigenvalue weighted by Gasteiger charge is 2.46. The van der Waals surface area contributed by atoms with E-state index in [1.54, 1.807) is 6.07 Å². The molecule has 8 heteroatoms. The first-order valence-corrected chi connectivity index (χ1v) is 11.5. The summed E-state index contributed by atoms with van der Waals surface area (Å²) in [5.41, 5.74) is 11.1. The minimum Gasteiger partial charge on any atom is -0.355 e. The Hall–Kier alpha value is -2.67. The molecule has 0 bridgehead atoms. The number of hydrogen-bond donors (Lipinski definition) is 1. The number of benzene rings is 1. The van der Waals surface area contributed by atoms with E-state index in [0.29, 0.717) is 10.0 Å². The Morgan fingerprint density at radius 3 is 2.69 bits per heavy atom. The fourth-order valence-electron chi connectivity index (χ4n) is 5.38. The van der Waals surface area contributed by atoms with Crippen LogP contribution in [0.1, 0.15) is 30.0 Å². The van der Waals surface area contributed by atoms with Gasteiger partial charge in [-0.1, -0.05) is 29.3 Å². The molecule has 1 aromatic carbocycles. The fraction of sp³-hybridized carbons (Fsp3) is 0.292. The van der Waals surface area contributed by atoms with E-state index in [9.17, 15) is 0 Å². The van der Waals surface area contributed by atoms with Crippen molar-refractivity contribution in [1.29, 1.82) is 0 Å². The molecule has 4 heterocycles. The lowest BCUT2D eigenvalue weighted by atomic mass is 9.73. The zero-order valence-corrected chi connectivity index (χ0v) is 18.9. The number of fused-ring (bicyclic) bond motifs is 2. The normalized spacial score (nSPS) is 19.6. The summed E-state index contributed by atoms with van der Waals surface area (Å²) in [6.45, 7) is 1.81. The third kappa shape index (κ3) is 2.94. The van der Waals surface area contributed by atoms with Crippen molar-refractivity contribution >= 4 is 34.5 Å². The van der Waals surface area contributed by atoms with Gasteiger partial charge in [0.05, 0.1) is 16.2 Å². The molecule has 1 saturated heterocycles. The highest BCUT2D eigenvalue weighted by molar-refractivity contribution is 6.43. The quantitative estimate of drug-likeness (QED) is 0.454. The second-order valence-corrected chi connectivity index (χ2v) is 9.55. The van der Waals surface area contributed by atoms with Crippen molar-refractivity contribution in [2.75, 3.05) is 18.0 Å². The van der Waals surface area contributed by atoms with Crippen molar-refractivity contribution < 1.29 is 0 Å². The summed E-state index contributed by atoms with van der Waals surface area (Å²) in [5, 5.41) is 1.02. The van der Waals surface area contributed by atoms with Crippen LogP contribution in [0.4, 0.5) is 5.82 Å². The van der Waals surface area contributed by atoms with Crippen LogP contribution in [0.15, 0.2) is 55.2 Å². The van der Waals surface area contributed by atoms with E-state index in [4.69, 9.17) is 33.9 Å². The van der Waals surface area contributed by atoms with E-state index >= 15 is 0 Å². The van der Waals surface area contributed by atoms with E-state index in [1.807, 2.05) is 47.5 Å². The summed E-state index contributed by atoms with van der Waals surface area (Å²) >= 11 is 12.7. The molecule has 1 aliphatic heterocycles. The first-order valence-electron chi connectivity index (χ1n) is 10.8. The topological polar surface area (TPSA) is 72.3 Å². The van der Waals surface area contributed by atoms with Crippen LogP contribution in [-0.4, -0.2) is 32.4 Å². The SMILES string of the molecule is NC1c2cnccc2CC12CCN(c1nccn3c(-c4cccc(Cl)c4Cl)ncc13)CC2. The molecule has 4 aromatic rings. The van der Waals surface area contributed by atoms with Crippen LogP contribution in [0.25, 0.3) is 16.9 Å². The van der Waals surface area contributed by atoms with Crippen molar-refractivity contribution in [2.24, 2.45) is 11.1 Å². The van der Waals surface area contributed by atoms with Crippen LogP contribution in [-0.2, 0) is 6.42 Å². The zero-order chi connectivity index (χ0) is 21.9. The molecule has 0 amide bonds. The standard InChI is InChI=1S/C24H22Cl2N6/c25-18-3-1-2-16(20(18)26)22-30-14-19-23(29-8-11-32(19)22)31-9-5-24(6-10-31)12-15-4-7-28-13-17(15)21(24)27/h1-4,7-8,11,13-14,21H,5-6,9-10,12,27H2. The Morgan fingerprint density at radius 2 is 1.88 bits per heavy atom. The third-order valence-corrected chi connectivity index (χ3v) is 7.99. The molecular formula is C24H22Cl2N6. The number of rotatable bonds is 2. The predicted molar refractivity (Wildman–Crippen MR) is 127 cm³/mol. The molecule has 0 radical (unpaired) electrons. The largest absolute Gasteiger partial charge is 0.355 e. The lowest BCUT2D eigenvalue weighted by Crippen LogP contribution is -2.44. The molecule has 162 valence electrons. The lowest BCUT2D eigenvalue weighted by Gasteiger charge is -2.42. The van der Waals surface area contributed by atoms with Gasteiger partial charge >= 0.3 is 0 Å². The molecule has 2 aliphatic rings. The van der Waals surface area contributed by atoms with Gasteiger partial charge in [-0.15, -0.1) is 0 Å². The number of aromatic nitrogens is 4. The van der Waals surface area contributed by atoms with Gasteiger partial charge < -0.3 is 10.6 Å². The average Bonchev–Trinajstić information content (AvgIpc) is 3.36. The Balaban J connectivity index is 1.31. The summed E-state index contributed by atoms with van der Waals surface area (Å²) in [5.74, 6) is 1.69. The van der Waals surface area contributed by atoms with Gasteiger partial charge in [-0.25, -0.2) is 9.97 Å². The van der Waals surface area contributed by atoms with Crippen LogP contribution in [0.5, 0.6) is 0 Å². The van der Waals surface area contributed by atoms with Gasteiger partial charge in [-0.3, -0.25) is 9.38 Å². The maximum absolute atomic E-state index is 6.71. The second-order valence-electron chi connectivity index (χ2n) is 8.77. The highest BCUT2D eigenvalue weighted by Crippen LogP contribution is 2.50. The molecule has 2 N–H and O–H groups in total. The van der Waals surface area contributed by atoms with Gasteiger partial charge in [-0.05, 0) is 54.0 Å². The van der Waals surface area contributed by atoms with E-state index < -0.39 is 0 Å². The molecule has 3 aromatic heterocycles. The molecule has 32 heavy (non-hydrogen) atoms. The molecule has 0 saturated carbocycles. The smallest absolute Gasteiger partial charge is 0.154 e. The van der Waals surface area contributed by atoms with Gasteiger partial charge in [-0.2, -0.15) is 0 Å². The van der Waals surface area contributed by atoms with Crippen LogP contribution in [0, 0.1) is 5.41 Å². The predicted octanol–water partition coefficient (Wildman–Crippen LogP) is 4.94. The van der Waals surface area contributed by atoms with Crippen LogP contribution in [0.3, 0.4) is 0 Å². The van der Waals surface area contributed by atoms with E-state index in [2.05, 4.69) is 20.9 Å². The van der Waals surface area contributed by atoms with E-state index in [-0.39, 0.29) is 11.5 Å². The van der Waals surface area contributed by atoms with Gasteiger partial charge in [0.15, 0.2) is 5.82 Å². The maximum atomic E-state index is 6.71. The summed E-state index contributed by atoms with van der Waals surface area (Å²) in [7, 11) is 0. The number of imidazole rings is 1. The maximum Gasteiger partial charge on any atom is 0.154 e. The zero-order valence-electron chi connectivity index (χ0n) is 17.4. The number of pyridine rings is 1. The van der Waals surface area contributed by atoms with Crippen LogP contribution < -0.4 is 10.6 Å². The molecule has 1 atom stereocenters. The summed E-state index contributed by atoms with van der Waals surface area (Å²) in [6, 6.07) is 7.76. The Labute approximate surface area is 196 Å². The molecule has 1 unspecified atom stereocenters. The van der Waals surface area contributed by atoms with Crippen molar-refractivity contribution in [3.63, 3.8) is 0 Å². The van der Waals surface area contributed by atoms with Gasteiger partial charge in [0, 0.05) is 49.5 Å². The first kappa shape index (κ1) is 20.0. The molecular weight excluding hydrogens is 443 g/mol. The Morgan fingerprint density at radius 1 is 1.03 bits per heavy atom. The first-order chi connectivity index (χ1) is 15.6. The average molecular weight is 465 g/mol. The fourth-order valence-corrected chi connectivity index (χ4v) is 5.77. The number of anilines is 1. The Kier molecular flexibility index (Phi) is 4.64.